The highest BCUT2D eigenvalue weighted by atomic mass is 35.5. The van der Waals surface area contributed by atoms with Crippen molar-refractivity contribution in [1.82, 2.24) is 9.78 Å². The van der Waals surface area contributed by atoms with E-state index >= 15 is 0 Å². The Morgan fingerprint density at radius 3 is 2.50 bits per heavy atom. The number of halogens is 1. The Balaban J connectivity index is 2.32. The van der Waals surface area contributed by atoms with Crippen molar-refractivity contribution in [3.8, 4) is 6.07 Å². The van der Waals surface area contributed by atoms with Gasteiger partial charge in [0.05, 0.1) is 12.2 Å². The highest BCUT2D eigenvalue weighted by molar-refractivity contribution is 6.30. The van der Waals surface area contributed by atoms with E-state index in [0.717, 1.165) is 11.3 Å². The second-order valence-electron chi connectivity index (χ2n) is 4.22. The van der Waals surface area contributed by atoms with Gasteiger partial charge in [0.15, 0.2) is 0 Å². The number of aryl methyl sites for hydroxylation is 2. The van der Waals surface area contributed by atoms with Gasteiger partial charge in [0.2, 0.25) is 0 Å². The van der Waals surface area contributed by atoms with Crippen LogP contribution in [0.25, 0.3) is 0 Å². The lowest BCUT2D eigenvalue weighted by Gasteiger charge is -2.03. The zero-order valence-corrected chi connectivity index (χ0v) is 11.2. The fourth-order valence-electron chi connectivity index (χ4n) is 1.82. The van der Waals surface area contributed by atoms with Gasteiger partial charge in [-0.3, -0.25) is 0 Å². The lowest BCUT2D eigenvalue weighted by Crippen LogP contribution is -2.02. The summed E-state index contributed by atoms with van der Waals surface area (Å²) < 4.78 is 1.68. The Kier molecular flexibility index (Phi) is 3.69. The smallest absolute Gasteiger partial charge is 0.145 e. The molecule has 0 aliphatic carbocycles. The minimum absolute atomic E-state index is 0.426. The molecule has 2 rings (SSSR count). The van der Waals surface area contributed by atoms with Gasteiger partial charge in [-0.25, -0.2) is 4.68 Å². The topological polar surface area (TPSA) is 41.6 Å². The molecule has 92 valence electrons. The first-order chi connectivity index (χ1) is 8.65. The van der Waals surface area contributed by atoms with Crippen molar-refractivity contribution in [3.05, 3.63) is 51.8 Å². The monoisotopic (exact) mass is 259 g/mol. The highest BCUT2D eigenvalue weighted by Gasteiger charge is 2.14. The Labute approximate surface area is 112 Å². The minimum atomic E-state index is 0.426. The number of hydrogen-bond donors (Lipinski definition) is 0. The molecular formula is C14H14ClN3. The van der Waals surface area contributed by atoms with Gasteiger partial charge in [0, 0.05) is 0 Å². The Hall–Kier alpha value is -1.79. The molecular weight excluding hydrogens is 246 g/mol. The van der Waals surface area contributed by atoms with Crippen molar-refractivity contribution in [2.75, 3.05) is 0 Å². The average Bonchev–Trinajstić information content (AvgIpc) is 2.68. The number of hydrogen-bond acceptors (Lipinski definition) is 2. The predicted molar refractivity (Wildman–Crippen MR) is 71.6 cm³/mol. The molecule has 1 aromatic heterocycles. The largest absolute Gasteiger partial charge is 0.248 e. The van der Waals surface area contributed by atoms with Crippen molar-refractivity contribution in [3.63, 3.8) is 0 Å². The first kappa shape index (κ1) is 12.7. The van der Waals surface area contributed by atoms with Crippen LogP contribution in [-0.2, 0) is 13.0 Å². The molecule has 0 radical (unpaired) electrons. The molecule has 3 nitrogen and oxygen atoms in total. The van der Waals surface area contributed by atoms with Gasteiger partial charge in [0.25, 0.3) is 0 Å². The molecule has 0 atom stereocenters. The van der Waals surface area contributed by atoms with Crippen LogP contribution in [0.3, 0.4) is 0 Å². The fourth-order valence-corrected chi connectivity index (χ4v) is 2.07. The van der Waals surface area contributed by atoms with E-state index in [4.69, 9.17) is 16.9 Å². The molecule has 1 aromatic carbocycles. The summed E-state index contributed by atoms with van der Waals surface area (Å²) in [7, 11) is 0. The van der Waals surface area contributed by atoms with Crippen LogP contribution in [0.5, 0.6) is 0 Å². The van der Waals surface area contributed by atoms with Gasteiger partial charge in [-0.2, -0.15) is 10.4 Å². The maximum Gasteiger partial charge on any atom is 0.145 e. The number of aromatic nitrogens is 2. The van der Waals surface area contributed by atoms with Crippen molar-refractivity contribution < 1.29 is 0 Å². The van der Waals surface area contributed by atoms with Gasteiger partial charge in [0.1, 0.15) is 16.8 Å². The van der Waals surface area contributed by atoms with Crippen LogP contribution in [0.1, 0.15) is 29.3 Å². The van der Waals surface area contributed by atoms with Gasteiger partial charge in [-0.1, -0.05) is 48.4 Å². The number of nitrogens with zero attached hydrogens (tertiary/aromatic N) is 3. The molecule has 0 bridgehead atoms. The van der Waals surface area contributed by atoms with Gasteiger partial charge in [-0.05, 0) is 18.9 Å². The molecule has 0 N–H and O–H groups in total. The molecule has 1 heterocycles. The SMILES string of the molecule is CCc1nn(Cc2ccc(C)cc2)c(Cl)c1C#N. The maximum absolute atomic E-state index is 9.06. The molecule has 0 saturated carbocycles. The van der Waals surface area contributed by atoms with E-state index in [1.807, 2.05) is 26.0 Å². The fraction of sp³-hybridized carbons (Fsp3) is 0.286. The molecule has 0 spiro atoms. The maximum atomic E-state index is 9.06. The van der Waals surface area contributed by atoms with Crippen LogP contribution >= 0.6 is 11.6 Å². The summed E-state index contributed by atoms with van der Waals surface area (Å²) in [5.74, 6) is 0. The quantitative estimate of drug-likeness (QED) is 0.848. The summed E-state index contributed by atoms with van der Waals surface area (Å²) >= 11 is 6.17. The van der Waals surface area contributed by atoms with E-state index in [9.17, 15) is 0 Å². The van der Waals surface area contributed by atoms with Crippen LogP contribution in [-0.4, -0.2) is 9.78 Å². The third-order valence-corrected chi connectivity index (χ3v) is 3.25. The third-order valence-electron chi connectivity index (χ3n) is 2.86. The van der Waals surface area contributed by atoms with Crippen LogP contribution in [0.2, 0.25) is 5.15 Å². The molecule has 0 aliphatic rings. The number of rotatable bonds is 3. The van der Waals surface area contributed by atoms with E-state index in [-0.39, 0.29) is 0 Å². The summed E-state index contributed by atoms with van der Waals surface area (Å²) in [5, 5.41) is 13.9. The molecule has 0 saturated heterocycles. The van der Waals surface area contributed by atoms with Crippen LogP contribution in [0, 0.1) is 18.3 Å². The van der Waals surface area contributed by atoms with E-state index in [1.54, 1.807) is 4.68 Å². The molecule has 2 aromatic rings. The standard InChI is InChI=1S/C14H14ClN3/c1-3-13-12(8-16)14(15)18(17-13)9-11-6-4-10(2)5-7-11/h4-7H,3,9H2,1-2H3. The molecule has 4 heteroatoms. The number of nitriles is 1. The average molecular weight is 260 g/mol. The van der Waals surface area contributed by atoms with Crippen molar-refractivity contribution >= 4 is 11.6 Å². The van der Waals surface area contributed by atoms with Crippen molar-refractivity contribution in [1.29, 1.82) is 5.26 Å². The zero-order valence-electron chi connectivity index (χ0n) is 10.4. The summed E-state index contributed by atoms with van der Waals surface area (Å²) in [5.41, 5.74) is 3.59. The van der Waals surface area contributed by atoms with E-state index in [0.29, 0.717) is 23.7 Å². The first-order valence-corrected chi connectivity index (χ1v) is 6.24. The molecule has 0 fully saturated rings. The van der Waals surface area contributed by atoms with E-state index in [1.165, 1.54) is 5.56 Å². The van der Waals surface area contributed by atoms with E-state index < -0.39 is 0 Å². The Bertz CT molecular complexity index is 591. The number of benzene rings is 1. The molecule has 18 heavy (non-hydrogen) atoms. The third kappa shape index (κ3) is 2.39. The molecule has 0 unspecified atom stereocenters. The predicted octanol–water partition coefficient (Wildman–Crippen LogP) is 3.33. The van der Waals surface area contributed by atoms with Gasteiger partial charge >= 0.3 is 0 Å². The highest BCUT2D eigenvalue weighted by Crippen LogP contribution is 2.20. The van der Waals surface area contributed by atoms with Gasteiger partial charge < -0.3 is 0 Å². The lowest BCUT2D eigenvalue weighted by molar-refractivity contribution is 0.674. The van der Waals surface area contributed by atoms with Crippen LogP contribution in [0.4, 0.5) is 0 Å². The zero-order chi connectivity index (χ0) is 13.1. The van der Waals surface area contributed by atoms with Crippen molar-refractivity contribution in [2.24, 2.45) is 0 Å². The summed E-state index contributed by atoms with van der Waals surface area (Å²) in [6, 6.07) is 10.3. The second kappa shape index (κ2) is 5.24. The summed E-state index contributed by atoms with van der Waals surface area (Å²) in [6.45, 7) is 4.61. The molecule has 0 amide bonds. The van der Waals surface area contributed by atoms with Gasteiger partial charge in [-0.15, -0.1) is 0 Å². The lowest BCUT2D eigenvalue weighted by atomic mass is 10.1. The minimum Gasteiger partial charge on any atom is -0.248 e. The Morgan fingerprint density at radius 2 is 2.00 bits per heavy atom. The Morgan fingerprint density at radius 1 is 1.33 bits per heavy atom. The van der Waals surface area contributed by atoms with E-state index in [2.05, 4.69) is 23.3 Å². The second-order valence-corrected chi connectivity index (χ2v) is 4.58. The molecule has 0 aliphatic heterocycles. The van der Waals surface area contributed by atoms with Crippen LogP contribution < -0.4 is 0 Å². The summed E-state index contributed by atoms with van der Waals surface area (Å²) in [6.07, 6.45) is 0.712. The van der Waals surface area contributed by atoms with Crippen LogP contribution in [0.15, 0.2) is 24.3 Å². The normalized spacial score (nSPS) is 10.3. The summed E-state index contributed by atoms with van der Waals surface area (Å²) in [4.78, 5) is 0. The first-order valence-electron chi connectivity index (χ1n) is 5.86. The van der Waals surface area contributed by atoms with Crippen molar-refractivity contribution in [2.45, 2.75) is 26.8 Å².